The maximum atomic E-state index is 10.1. The minimum absolute atomic E-state index is 0. The van der Waals surface area contributed by atoms with Crippen LogP contribution in [0.25, 0.3) is 0 Å². The number of carbonyl (C=O) groups is 1. The van der Waals surface area contributed by atoms with Gasteiger partial charge in [0, 0.05) is 0 Å². The monoisotopic (exact) mass is 188 g/mol. The van der Waals surface area contributed by atoms with Crippen LogP contribution in [0, 0.1) is 0 Å². The molecule has 0 amide bonds. The second kappa shape index (κ2) is 9.16. The Morgan fingerprint density at radius 3 is 1.77 bits per heavy atom. The Bertz CT molecular complexity index is 277. The van der Waals surface area contributed by atoms with Crippen molar-refractivity contribution < 1.29 is 49.0 Å². The predicted molar refractivity (Wildman–Crippen MR) is 35.8 cm³/mol. The topological polar surface area (TPSA) is 74.3 Å². The summed E-state index contributed by atoms with van der Waals surface area (Å²) < 4.78 is 0. The van der Waals surface area contributed by atoms with Crippen molar-refractivity contribution in [3.05, 3.63) is 35.9 Å². The van der Waals surface area contributed by atoms with Gasteiger partial charge in [-0.05, 0) is 5.56 Å². The molecule has 0 saturated heterocycles. The fourth-order valence-electron chi connectivity index (χ4n) is 0.574. The first-order valence-corrected chi connectivity index (χ1v) is 2.98. The Morgan fingerprint density at radius 1 is 1.15 bits per heavy atom. The second-order valence-electron chi connectivity index (χ2n) is 1.74. The summed E-state index contributed by atoms with van der Waals surface area (Å²) in [5.74, 6) is -1.13. The smallest absolute Gasteiger partial charge is 0.545 e. The van der Waals surface area contributed by atoms with E-state index in [1.54, 1.807) is 18.2 Å². The third-order valence-corrected chi connectivity index (χ3v) is 1.01. The van der Waals surface area contributed by atoms with Crippen molar-refractivity contribution in [2.45, 2.75) is 0 Å². The third kappa shape index (κ3) is 7.43. The molecule has 0 aromatic heterocycles. The van der Waals surface area contributed by atoms with Gasteiger partial charge in [-0.2, -0.15) is 9.59 Å². The molecule has 0 atom stereocenters. The van der Waals surface area contributed by atoms with Gasteiger partial charge in [-0.1, -0.05) is 30.3 Å². The molecule has 1 aromatic carbocycles. The van der Waals surface area contributed by atoms with Crippen molar-refractivity contribution >= 4 is 12.1 Å². The van der Waals surface area contributed by atoms with Gasteiger partial charge in [-0.15, -0.1) is 0 Å². The van der Waals surface area contributed by atoms with E-state index < -0.39 is 5.97 Å². The van der Waals surface area contributed by atoms with Crippen molar-refractivity contribution in [2.24, 2.45) is 0 Å². The molecule has 0 fully saturated rings. The summed E-state index contributed by atoms with van der Waals surface area (Å²) in [7, 11) is 0. The van der Waals surface area contributed by atoms with Crippen molar-refractivity contribution in [2.75, 3.05) is 0 Å². The Labute approximate surface area is 96.9 Å². The van der Waals surface area contributed by atoms with Crippen LogP contribution in [0.1, 0.15) is 10.4 Å². The maximum absolute atomic E-state index is 10.1. The number of hydrogen-bond donors (Lipinski definition) is 0. The van der Waals surface area contributed by atoms with E-state index in [4.69, 9.17) is 9.59 Å². The van der Waals surface area contributed by atoms with Gasteiger partial charge in [0.05, 0.1) is 5.97 Å². The summed E-state index contributed by atoms with van der Waals surface area (Å²) in [6, 6.07) is 8.06. The first-order valence-electron chi connectivity index (χ1n) is 2.98. The largest absolute Gasteiger partial charge is 1.00 e. The van der Waals surface area contributed by atoms with Crippen molar-refractivity contribution in [1.82, 2.24) is 0 Å². The molecule has 1 rings (SSSR count). The van der Waals surface area contributed by atoms with Gasteiger partial charge in [-0.3, -0.25) is 0 Å². The van der Waals surface area contributed by atoms with E-state index in [1.807, 2.05) is 0 Å². The molecule has 0 unspecified atom stereocenters. The molecule has 0 radical (unpaired) electrons. The van der Waals surface area contributed by atoms with Gasteiger partial charge in [0.25, 0.3) is 0 Å². The van der Waals surface area contributed by atoms with Crippen LogP contribution in [0.4, 0.5) is 0 Å². The summed E-state index contributed by atoms with van der Waals surface area (Å²) in [6.07, 6.45) is 0.250. The molecule has 0 spiro atoms. The number of aromatic carboxylic acids is 1. The summed E-state index contributed by atoms with van der Waals surface area (Å²) in [5.41, 5.74) is 0.220. The zero-order valence-corrected chi connectivity index (χ0v) is 9.02. The molecule has 0 aliphatic heterocycles. The number of hydrogen-bond acceptors (Lipinski definition) is 4. The van der Waals surface area contributed by atoms with E-state index in [-0.39, 0.29) is 41.3 Å². The van der Waals surface area contributed by atoms with E-state index in [9.17, 15) is 9.90 Å². The average molecular weight is 188 g/mol. The summed E-state index contributed by atoms with van der Waals surface area (Å²) >= 11 is 0. The molecule has 5 heteroatoms. The van der Waals surface area contributed by atoms with E-state index in [0.717, 1.165) is 0 Å². The van der Waals surface area contributed by atoms with Crippen molar-refractivity contribution in [3.63, 3.8) is 0 Å². The molecular formula is C8H5NaO4. The molecule has 0 heterocycles. The number of benzene rings is 1. The van der Waals surface area contributed by atoms with Gasteiger partial charge in [-0.25, -0.2) is 0 Å². The number of carboxylic acids is 1. The molecule has 0 bridgehead atoms. The van der Waals surface area contributed by atoms with E-state index in [0.29, 0.717) is 0 Å². The normalized spacial score (nSPS) is 6.77. The molecule has 13 heavy (non-hydrogen) atoms. The Balaban J connectivity index is 0. The quantitative estimate of drug-likeness (QED) is 0.428. The molecule has 0 N–H and O–H groups in total. The van der Waals surface area contributed by atoms with Gasteiger partial charge in [0.2, 0.25) is 0 Å². The molecular weight excluding hydrogens is 183 g/mol. The maximum Gasteiger partial charge on any atom is 1.00 e. The zero-order chi connectivity index (χ0) is 9.40. The van der Waals surface area contributed by atoms with Crippen LogP contribution in [0.15, 0.2) is 30.3 Å². The van der Waals surface area contributed by atoms with E-state index in [2.05, 4.69) is 0 Å². The molecule has 4 nitrogen and oxygen atoms in total. The van der Waals surface area contributed by atoms with Crippen LogP contribution in [0.3, 0.4) is 0 Å². The molecule has 0 aliphatic carbocycles. The van der Waals surface area contributed by atoms with Gasteiger partial charge in [0.1, 0.15) is 0 Å². The van der Waals surface area contributed by atoms with Crippen LogP contribution in [-0.4, -0.2) is 12.1 Å². The van der Waals surface area contributed by atoms with Crippen LogP contribution >= 0.6 is 0 Å². The number of rotatable bonds is 1. The molecule has 0 aliphatic rings. The fraction of sp³-hybridized carbons (Fsp3) is 0. The zero-order valence-electron chi connectivity index (χ0n) is 7.02. The van der Waals surface area contributed by atoms with Crippen LogP contribution in [0.2, 0.25) is 0 Å². The summed E-state index contributed by atoms with van der Waals surface area (Å²) in [4.78, 5) is 26.3. The van der Waals surface area contributed by atoms with Crippen molar-refractivity contribution in [3.8, 4) is 0 Å². The van der Waals surface area contributed by atoms with Crippen LogP contribution in [0.5, 0.6) is 0 Å². The first-order chi connectivity index (χ1) is 5.72. The Kier molecular flexibility index (Phi) is 10.3. The van der Waals surface area contributed by atoms with Crippen LogP contribution in [-0.2, 0) is 9.59 Å². The van der Waals surface area contributed by atoms with E-state index in [1.165, 1.54) is 12.1 Å². The molecule has 0 saturated carbocycles. The van der Waals surface area contributed by atoms with Gasteiger partial charge >= 0.3 is 35.7 Å². The molecule has 62 valence electrons. The summed E-state index contributed by atoms with van der Waals surface area (Å²) in [6.45, 7) is 0. The van der Waals surface area contributed by atoms with Gasteiger partial charge < -0.3 is 9.90 Å². The van der Waals surface area contributed by atoms with Crippen molar-refractivity contribution in [1.29, 1.82) is 0 Å². The first kappa shape index (κ1) is 14.6. The standard InChI is InChI=1S/C7H6O2.CO2.Na/c8-7(9)6-4-2-1-3-5-6;2-1-3;/h1-5H,(H,8,9);;/q;;+1/p-1. The second-order valence-corrected chi connectivity index (χ2v) is 1.74. The number of carbonyl (C=O) groups excluding carboxylic acids is 3. The number of carboxylic acid groups (broad SMARTS) is 1. The summed E-state index contributed by atoms with van der Waals surface area (Å²) in [5, 5.41) is 10.1. The Morgan fingerprint density at radius 2 is 1.54 bits per heavy atom. The fourth-order valence-corrected chi connectivity index (χ4v) is 0.574. The SMILES string of the molecule is O=C([O-])c1ccccc1.O=C=O.[Na+]. The van der Waals surface area contributed by atoms with E-state index >= 15 is 0 Å². The predicted octanol–water partition coefficient (Wildman–Crippen LogP) is -3.53. The molecule has 1 aromatic rings. The Hall–Kier alpha value is -0.930. The van der Waals surface area contributed by atoms with Gasteiger partial charge in [0.15, 0.2) is 0 Å². The minimum Gasteiger partial charge on any atom is -0.545 e. The van der Waals surface area contributed by atoms with Crippen LogP contribution < -0.4 is 34.7 Å². The average Bonchev–Trinajstić information content (AvgIpc) is 2.07. The minimum atomic E-state index is -1.13. The third-order valence-electron chi connectivity index (χ3n) is 1.01.